The molecule has 0 atom stereocenters. The molecule has 0 spiro atoms. The highest BCUT2D eigenvalue weighted by molar-refractivity contribution is 7.17. The van der Waals surface area contributed by atoms with Crippen LogP contribution in [-0.2, 0) is 6.54 Å². The summed E-state index contributed by atoms with van der Waals surface area (Å²) in [7, 11) is 0. The van der Waals surface area contributed by atoms with E-state index >= 15 is 0 Å². The third-order valence-corrected chi connectivity index (χ3v) is 4.12. The Morgan fingerprint density at radius 1 is 1.32 bits per heavy atom. The summed E-state index contributed by atoms with van der Waals surface area (Å²) in [5.41, 5.74) is 8.78. The molecule has 0 radical (unpaired) electrons. The Bertz CT molecular complexity index is 718. The number of nitrogens with two attached hydrogens (primary N) is 1. The maximum atomic E-state index is 5.70. The van der Waals surface area contributed by atoms with E-state index in [1.807, 2.05) is 13.0 Å². The van der Waals surface area contributed by atoms with Crippen molar-refractivity contribution in [2.24, 2.45) is 0 Å². The van der Waals surface area contributed by atoms with Crippen LogP contribution in [0.1, 0.15) is 11.1 Å². The average molecular weight is 269 g/mol. The predicted octanol–water partition coefficient (Wildman–Crippen LogP) is 3.80. The number of rotatable bonds is 3. The summed E-state index contributed by atoms with van der Waals surface area (Å²) in [4.78, 5) is 4.32. The van der Waals surface area contributed by atoms with Gasteiger partial charge < -0.3 is 11.1 Å². The zero-order valence-electron chi connectivity index (χ0n) is 10.7. The number of aryl methyl sites for hydroxylation is 1. The number of nitrogen functional groups attached to an aromatic ring is 1. The van der Waals surface area contributed by atoms with Crippen LogP contribution in [0.3, 0.4) is 0 Å². The molecule has 0 saturated heterocycles. The molecule has 0 unspecified atom stereocenters. The molecule has 0 bridgehead atoms. The predicted molar refractivity (Wildman–Crippen MR) is 82.5 cm³/mol. The molecule has 0 aliphatic rings. The molecule has 2 aromatic heterocycles. The van der Waals surface area contributed by atoms with Crippen LogP contribution in [0.25, 0.3) is 10.1 Å². The fourth-order valence-electron chi connectivity index (χ4n) is 2.13. The first-order valence-electron chi connectivity index (χ1n) is 6.15. The summed E-state index contributed by atoms with van der Waals surface area (Å²) in [6, 6.07) is 10.4. The quantitative estimate of drug-likeness (QED) is 0.760. The molecule has 1 aromatic carbocycles. The Morgan fingerprint density at radius 3 is 3.00 bits per heavy atom. The second-order valence-electron chi connectivity index (χ2n) is 4.54. The van der Waals surface area contributed by atoms with Crippen LogP contribution < -0.4 is 11.1 Å². The number of benzene rings is 1. The van der Waals surface area contributed by atoms with Crippen LogP contribution in [0.4, 0.5) is 11.5 Å². The van der Waals surface area contributed by atoms with Gasteiger partial charge in [-0.25, -0.2) is 4.98 Å². The van der Waals surface area contributed by atoms with Gasteiger partial charge in [0.15, 0.2) is 0 Å². The Balaban J connectivity index is 1.82. The molecule has 3 N–H and O–H groups in total. The van der Waals surface area contributed by atoms with E-state index in [2.05, 4.69) is 39.9 Å². The molecule has 0 saturated carbocycles. The van der Waals surface area contributed by atoms with Crippen molar-refractivity contribution in [3.8, 4) is 0 Å². The molecule has 0 fully saturated rings. The van der Waals surface area contributed by atoms with E-state index in [0.29, 0.717) is 5.69 Å². The topological polar surface area (TPSA) is 50.9 Å². The number of thiophene rings is 1. The highest BCUT2D eigenvalue weighted by Gasteiger charge is 2.05. The number of fused-ring (bicyclic) bond motifs is 1. The molecule has 3 rings (SSSR count). The van der Waals surface area contributed by atoms with Gasteiger partial charge in [-0.2, -0.15) is 0 Å². The van der Waals surface area contributed by atoms with Crippen molar-refractivity contribution >= 4 is 32.9 Å². The first-order chi connectivity index (χ1) is 9.24. The van der Waals surface area contributed by atoms with E-state index in [9.17, 15) is 0 Å². The van der Waals surface area contributed by atoms with Gasteiger partial charge in [0.25, 0.3) is 0 Å². The van der Waals surface area contributed by atoms with Gasteiger partial charge in [0.05, 0.1) is 11.9 Å². The lowest BCUT2D eigenvalue weighted by Crippen LogP contribution is -2.03. The molecule has 2 heterocycles. The molecular formula is C15H15N3S. The van der Waals surface area contributed by atoms with Gasteiger partial charge >= 0.3 is 0 Å². The maximum absolute atomic E-state index is 5.70. The van der Waals surface area contributed by atoms with Gasteiger partial charge in [0.2, 0.25) is 0 Å². The number of aromatic nitrogens is 1. The third kappa shape index (κ3) is 2.39. The van der Waals surface area contributed by atoms with Crippen molar-refractivity contribution in [2.45, 2.75) is 13.5 Å². The zero-order valence-corrected chi connectivity index (χ0v) is 11.5. The summed E-state index contributed by atoms with van der Waals surface area (Å²) in [6.07, 6.45) is 1.68. The second-order valence-corrected chi connectivity index (χ2v) is 5.46. The van der Waals surface area contributed by atoms with Crippen LogP contribution >= 0.6 is 11.3 Å². The van der Waals surface area contributed by atoms with Gasteiger partial charge in [-0.15, -0.1) is 11.3 Å². The van der Waals surface area contributed by atoms with Crippen LogP contribution in [0, 0.1) is 6.92 Å². The Morgan fingerprint density at radius 2 is 2.16 bits per heavy atom. The van der Waals surface area contributed by atoms with Crippen molar-refractivity contribution < 1.29 is 0 Å². The van der Waals surface area contributed by atoms with Crippen molar-refractivity contribution in [2.75, 3.05) is 11.1 Å². The van der Waals surface area contributed by atoms with Gasteiger partial charge in [-0.3, -0.25) is 0 Å². The molecular weight excluding hydrogens is 254 g/mol. The van der Waals surface area contributed by atoms with E-state index in [-0.39, 0.29) is 0 Å². The maximum Gasteiger partial charge on any atom is 0.129 e. The van der Waals surface area contributed by atoms with Gasteiger partial charge in [0, 0.05) is 11.2 Å². The van der Waals surface area contributed by atoms with Crippen LogP contribution in [0.2, 0.25) is 0 Å². The smallest absolute Gasteiger partial charge is 0.129 e. The standard InChI is InChI=1S/C15H15N3S/c1-10-6-12(16)8-18-15(10)17-7-11-9-19-14-5-3-2-4-13(11)14/h2-6,8-9H,7,16H2,1H3,(H,17,18). The Kier molecular flexibility index (Phi) is 3.09. The highest BCUT2D eigenvalue weighted by atomic mass is 32.1. The Labute approximate surface area is 116 Å². The van der Waals surface area contributed by atoms with E-state index < -0.39 is 0 Å². The summed E-state index contributed by atoms with van der Waals surface area (Å²) in [5.74, 6) is 0.893. The second kappa shape index (κ2) is 4.90. The monoisotopic (exact) mass is 269 g/mol. The summed E-state index contributed by atoms with van der Waals surface area (Å²) in [5, 5.41) is 6.89. The lowest BCUT2D eigenvalue weighted by atomic mass is 10.2. The fraction of sp³-hybridized carbons (Fsp3) is 0.133. The van der Waals surface area contributed by atoms with Gasteiger partial charge in [0.1, 0.15) is 5.82 Å². The molecule has 19 heavy (non-hydrogen) atoms. The Hall–Kier alpha value is -2.07. The molecule has 3 nitrogen and oxygen atoms in total. The minimum atomic E-state index is 0.698. The van der Waals surface area contributed by atoms with Crippen molar-refractivity contribution in [1.82, 2.24) is 4.98 Å². The van der Waals surface area contributed by atoms with Crippen LogP contribution in [0.15, 0.2) is 41.9 Å². The highest BCUT2D eigenvalue weighted by Crippen LogP contribution is 2.26. The number of anilines is 2. The third-order valence-electron chi connectivity index (χ3n) is 3.11. The SMILES string of the molecule is Cc1cc(N)cnc1NCc1csc2ccccc12. The van der Waals surface area contributed by atoms with Gasteiger partial charge in [-0.1, -0.05) is 18.2 Å². The van der Waals surface area contributed by atoms with E-state index in [0.717, 1.165) is 17.9 Å². The molecule has 0 aliphatic carbocycles. The number of hydrogen-bond acceptors (Lipinski definition) is 4. The number of hydrogen-bond donors (Lipinski definition) is 2. The molecule has 4 heteroatoms. The van der Waals surface area contributed by atoms with Gasteiger partial charge in [-0.05, 0) is 40.9 Å². The summed E-state index contributed by atoms with van der Waals surface area (Å²) in [6.45, 7) is 2.79. The number of nitrogens with zero attached hydrogens (tertiary/aromatic N) is 1. The lowest BCUT2D eigenvalue weighted by Gasteiger charge is -2.08. The minimum absolute atomic E-state index is 0.698. The van der Waals surface area contributed by atoms with Crippen molar-refractivity contribution in [3.05, 3.63) is 53.0 Å². The first kappa shape index (κ1) is 12.0. The van der Waals surface area contributed by atoms with Crippen LogP contribution in [0.5, 0.6) is 0 Å². The molecule has 0 amide bonds. The van der Waals surface area contributed by atoms with Crippen molar-refractivity contribution in [3.63, 3.8) is 0 Å². The van der Waals surface area contributed by atoms with E-state index in [1.54, 1.807) is 17.5 Å². The molecule has 3 aromatic rings. The average Bonchev–Trinajstić information content (AvgIpc) is 2.81. The number of pyridine rings is 1. The lowest BCUT2D eigenvalue weighted by molar-refractivity contribution is 1.11. The van der Waals surface area contributed by atoms with Crippen LogP contribution in [-0.4, -0.2) is 4.98 Å². The molecule has 96 valence electrons. The summed E-state index contributed by atoms with van der Waals surface area (Å²) >= 11 is 1.78. The number of nitrogens with one attached hydrogen (secondary N) is 1. The largest absolute Gasteiger partial charge is 0.397 e. The normalized spacial score (nSPS) is 10.8. The fourth-order valence-corrected chi connectivity index (χ4v) is 3.09. The summed E-state index contributed by atoms with van der Waals surface area (Å²) < 4.78 is 1.32. The minimum Gasteiger partial charge on any atom is -0.397 e. The van der Waals surface area contributed by atoms with E-state index in [4.69, 9.17) is 5.73 Å². The van der Waals surface area contributed by atoms with E-state index in [1.165, 1.54) is 15.6 Å². The van der Waals surface area contributed by atoms with Crippen molar-refractivity contribution in [1.29, 1.82) is 0 Å². The molecule has 0 aliphatic heterocycles. The zero-order chi connectivity index (χ0) is 13.2. The first-order valence-corrected chi connectivity index (χ1v) is 7.03.